The second-order valence-electron chi connectivity index (χ2n) is 4.23. The smallest absolute Gasteiger partial charge is 0.362 e. The standard InChI is InChI=1S/C11H12F2N2O4/c12-11(13)8(17)7(5-16)19-10(11)15-3-1-2-6(4-15)9(14)18/h1-4,7-8,10,16-17H,5H2,(H-,14,18)/p+1. The van der Waals surface area contributed by atoms with Crippen LogP contribution in [0.3, 0.4) is 0 Å². The van der Waals surface area contributed by atoms with Gasteiger partial charge in [-0.3, -0.25) is 4.79 Å². The Bertz CT molecular complexity index is 497. The van der Waals surface area contributed by atoms with Crippen LogP contribution in [0.4, 0.5) is 8.78 Å². The van der Waals surface area contributed by atoms with Gasteiger partial charge >= 0.3 is 12.2 Å². The Morgan fingerprint density at radius 2 is 2.26 bits per heavy atom. The molecule has 0 bridgehead atoms. The summed E-state index contributed by atoms with van der Waals surface area (Å²) in [6.07, 6.45) is -2.94. The van der Waals surface area contributed by atoms with Gasteiger partial charge in [-0.05, 0) is 6.07 Å². The number of carbonyl (C=O) groups excluding carboxylic acids is 1. The van der Waals surface area contributed by atoms with E-state index in [1.54, 1.807) is 0 Å². The molecule has 1 saturated heterocycles. The third-order valence-electron chi connectivity index (χ3n) is 2.94. The maximum atomic E-state index is 13.8. The van der Waals surface area contributed by atoms with Gasteiger partial charge < -0.3 is 20.7 Å². The van der Waals surface area contributed by atoms with Gasteiger partial charge in [-0.25, -0.2) is 0 Å². The normalized spacial score (nSPS) is 29.4. The van der Waals surface area contributed by atoms with Crippen LogP contribution in [0, 0.1) is 0 Å². The average Bonchev–Trinajstić information content (AvgIpc) is 2.61. The molecule has 0 radical (unpaired) electrons. The number of rotatable bonds is 3. The lowest BCUT2D eigenvalue weighted by Gasteiger charge is -2.15. The van der Waals surface area contributed by atoms with Crippen molar-refractivity contribution in [2.24, 2.45) is 5.73 Å². The summed E-state index contributed by atoms with van der Waals surface area (Å²) in [5.74, 6) is -4.36. The number of carbonyl (C=O) groups is 1. The first-order valence-electron chi connectivity index (χ1n) is 5.50. The molecule has 3 unspecified atom stereocenters. The Morgan fingerprint density at radius 3 is 2.79 bits per heavy atom. The number of nitrogens with zero attached hydrogens (tertiary/aromatic N) is 1. The van der Waals surface area contributed by atoms with E-state index in [2.05, 4.69) is 0 Å². The van der Waals surface area contributed by atoms with E-state index >= 15 is 0 Å². The molecule has 8 heteroatoms. The summed E-state index contributed by atoms with van der Waals surface area (Å²) in [6.45, 7) is -0.733. The van der Waals surface area contributed by atoms with Crippen molar-refractivity contribution in [2.75, 3.05) is 6.61 Å². The van der Waals surface area contributed by atoms with Crippen molar-refractivity contribution in [3.05, 3.63) is 30.1 Å². The average molecular weight is 275 g/mol. The van der Waals surface area contributed by atoms with Gasteiger partial charge in [0.25, 0.3) is 5.91 Å². The van der Waals surface area contributed by atoms with Crippen LogP contribution < -0.4 is 10.3 Å². The first-order chi connectivity index (χ1) is 8.87. The molecular formula is C11H13F2N2O4+. The number of aliphatic hydroxyl groups excluding tert-OH is 2. The van der Waals surface area contributed by atoms with Crippen LogP contribution >= 0.6 is 0 Å². The molecule has 1 aliphatic rings. The lowest BCUT2D eigenvalue weighted by molar-refractivity contribution is -0.775. The van der Waals surface area contributed by atoms with Crippen LogP contribution in [0.1, 0.15) is 16.6 Å². The lowest BCUT2D eigenvalue weighted by atomic mass is 10.1. The Labute approximate surface area is 107 Å². The minimum atomic E-state index is -3.59. The van der Waals surface area contributed by atoms with E-state index in [0.29, 0.717) is 0 Å². The van der Waals surface area contributed by atoms with Crippen LogP contribution in [0.5, 0.6) is 0 Å². The molecule has 4 N–H and O–H groups in total. The van der Waals surface area contributed by atoms with Crippen molar-refractivity contribution in [3.63, 3.8) is 0 Å². The number of hydrogen-bond donors (Lipinski definition) is 3. The molecule has 19 heavy (non-hydrogen) atoms. The predicted molar refractivity (Wildman–Crippen MR) is 57.1 cm³/mol. The Kier molecular flexibility index (Phi) is 3.48. The highest BCUT2D eigenvalue weighted by Gasteiger charge is 2.63. The summed E-state index contributed by atoms with van der Waals surface area (Å²) in [5.41, 5.74) is 5.09. The van der Waals surface area contributed by atoms with Crippen LogP contribution in [-0.2, 0) is 4.74 Å². The largest absolute Gasteiger partial charge is 0.394 e. The number of ether oxygens (including phenoxy) is 1. The number of aliphatic hydroxyl groups is 2. The summed E-state index contributed by atoms with van der Waals surface area (Å²) in [6, 6.07) is 2.73. The van der Waals surface area contributed by atoms with Crippen LogP contribution in [0.15, 0.2) is 24.5 Å². The Balaban J connectivity index is 2.36. The fourth-order valence-electron chi connectivity index (χ4n) is 1.92. The molecular weight excluding hydrogens is 262 g/mol. The Hall–Kier alpha value is -1.64. The molecule has 0 saturated carbocycles. The number of pyridine rings is 1. The molecule has 6 nitrogen and oxygen atoms in total. The van der Waals surface area contributed by atoms with Gasteiger partial charge in [-0.15, -0.1) is 0 Å². The van der Waals surface area contributed by atoms with Crippen LogP contribution in [-0.4, -0.2) is 40.9 Å². The molecule has 2 heterocycles. The predicted octanol–water partition coefficient (Wildman–Crippen LogP) is -1.04. The van der Waals surface area contributed by atoms with Crippen LogP contribution in [0.2, 0.25) is 0 Å². The van der Waals surface area contributed by atoms with E-state index in [1.807, 2.05) is 0 Å². The molecule has 1 aromatic rings. The molecule has 0 aliphatic carbocycles. The van der Waals surface area contributed by atoms with Crippen LogP contribution in [0.25, 0.3) is 0 Å². The summed E-state index contributed by atoms with van der Waals surface area (Å²) in [7, 11) is 0. The maximum Gasteiger partial charge on any atom is 0.362 e. The highest BCUT2D eigenvalue weighted by Crippen LogP contribution is 2.39. The number of alkyl halides is 2. The van der Waals surface area contributed by atoms with Gasteiger partial charge in [0.2, 0.25) is 0 Å². The highest BCUT2D eigenvalue weighted by atomic mass is 19.3. The number of hydrogen-bond acceptors (Lipinski definition) is 4. The molecule has 1 fully saturated rings. The second-order valence-corrected chi connectivity index (χ2v) is 4.23. The quantitative estimate of drug-likeness (QED) is 0.614. The molecule has 3 atom stereocenters. The maximum absolute atomic E-state index is 13.8. The number of amides is 1. The molecule has 1 amide bonds. The summed E-state index contributed by atoms with van der Waals surface area (Å²) >= 11 is 0. The fourth-order valence-corrected chi connectivity index (χ4v) is 1.92. The van der Waals surface area contributed by atoms with Gasteiger partial charge in [0, 0.05) is 6.07 Å². The third kappa shape index (κ3) is 2.29. The minimum Gasteiger partial charge on any atom is -0.394 e. The first kappa shape index (κ1) is 13.8. The highest BCUT2D eigenvalue weighted by molar-refractivity contribution is 5.92. The van der Waals surface area contributed by atoms with E-state index in [-0.39, 0.29) is 5.56 Å². The number of primary amides is 1. The monoisotopic (exact) mass is 275 g/mol. The summed E-state index contributed by atoms with van der Waals surface area (Å²) in [4.78, 5) is 11.0. The van der Waals surface area contributed by atoms with Crippen molar-refractivity contribution in [1.29, 1.82) is 0 Å². The number of halogens is 2. The van der Waals surface area contributed by atoms with Gasteiger partial charge in [0.1, 0.15) is 11.7 Å². The SMILES string of the molecule is NC(=O)c1ccc[n+](C2OC(CO)C(O)C2(F)F)c1. The number of nitrogens with two attached hydrogens (primary N) is 1. The van der Waals surface area contributed by atoms with E-state index < -0.39 is 36.9 Å². The third-order valence-corrected chi connectivity index (χ3v) is 2.94. The van der Waals surface area contributed by atoms with Gasteiger partial charge in [0.05, 0.1) is 6.61 Å². The molecule has 1 aliphatic heterocycles. The first-order valence-corrected chi connectivity index (χ1v) is 5.50. The molecule has 0 spiro atoms. The van der Waals surface area contributed by atoms with E-state index in [9.17, 15) is 18.7 Å². The zero-order valence-electron chi connectivity index (χ0n) is 9.74. The zero-order chi connectivity index (χ0) is 14.2. The van der Waals surface area contributed by atoms with E-state index in [4.69, 9.17) is 15.6 Å². The van der Waals surface area contributed by atoms with Gasteiger partial charge in [-0.2, -0.15) is 13.3 Å². The van der Waals surface area contributed by atoms with Crippen molar-refractivity contribution >= 4 is 5.91 Å². The van der Waals surface area contributed by atoms with Crippen molar-refractivity contribution < 1.29 is 33.1 Å². The zero-order valence-corrected chi connectivity index (χ0v) is 9.74. The van der Waals surface area contributed by atoms with E-state index in [0.717, 1.165) is 10.8 Å². The second kappa shape index (κ2) is 4.80. The minimum absolute atomic E-state index is 0.0313. The molecule has 2 rings (SSSR count). The van der Waals surface area contributed by atoms with Gasteiger partial charge in [-0.1, -0.05) is 0 Å². The van der Waals surface area contributed by atoms with Gasteiger partial charge in [0.15, 0.2) is 18.5 Å². The molecule has 1 aromatic heterocycles. The Morgan fingerprint density at radius 1 is 1.58 bits per heavy atom. The summed E-state index contributed by atoms with van der Waals surface area (Å²) < 4.78 is 33.5. The van der Waals surface area contributed by atoms with Crippen molar-refractivity contribution in [2.45, 2.75) is 24.4 Å². The van der Waals surface area contributed by atoms with Crippen molar-refractivity contribution in [3.8, 4) is 0 Å². The lowest BCUT2D eigenvalue weighted by Crippen LogP contribution is -2.50. The number of aromatic nitrogens is 1. The van der Waals surface area contributed by atoms with Crippen molar-refractivity contribution in [1.82, 2.24) is 0 Å². The topological polar surface area (TPSA) is 96.7 Å². The van der Waals surface area contributed by atoms with E-state index in [1.165, 1.54) is 18.3 Å². The fraction of sp³-hybridized carbons (Fsp3) is 0.455. The summed E-state index contributed by atoms with van der Waals surface area (Å²) in [5, 5.41) is 18.3. The molecule has 0 aromatic carbocycles. The molecule has 104 valence electrons.